The minimum Gasteiger partial charge on any atom is -0.317 e. The Bertz CT molecular complexity index is 357. The molecule has 2 rings (SSSR count). The first-order valence-corrected chi connectivity index (χ1v) is 6.34. The molecule has 1 aromatic carbocycles. The Morgan fingerprint density at radius 3 is 2.71 bits per heavy atom. The fourth-order valence-electron chi connectivity index (χ4n) is 2.29. The highest BCUT2D eigenvalue weighted by molar-refractivity contribution is 6.31. The van der Waals surface area contributed by atoms with Crippen LogP contribution in [0.2, 0.25) is 5.02 Å². The standard InChI is InChI=1S/C13H16ClF2N/c14-11-2-1-3-12(15)10(11)8-13(16)9-4-6-17-7-5-9/h1-3,9,13,17H,4-8H2. The zero-order valence-corrected chi connectivity index (χ0v) is 10.3. The van der Waals surface area contributed by atoms with E-state index in [-0.39, 0.29) is 12.3 Å². The molecule has 1 aliphatic heterocycles. The van der Waals surface area contributed by atoms with Gasteiger partial charge in [0.2, 0.25) is 0 Å². The van der Waals surface area contributed by atoms with E-state index in [0.717, 1.165) is 25.9 Å². The first-order valence-electron chi connectivity index (χ1n) is 5.96. The molecule has 0 radical (unpaired) electrons. The van der Waals surface area contributed by atoms with Gasteiger partial charge in [0.1, 0.15) is 12.0 Å². The number of halogens is 3. The monoisotopic (exact) mass is 259 g/mol. The van der Waals surface area contributed by atoms with E-state index in [1.54, 1.807) is 12.1 Å². The summed E-state index contributed by atoms with van der Waals surface area (Å²) in [6.45, 7) is 1.69. The maximum atomic E-state index is 14.1. The second-order valence-corrected chi connectivity index (χ2v) is 4.91. The predicted octanol–water partition coefficient (Wildman–Crippen LogP) is 3.36. The Hall–Kier alpha value is -0.670. The van der Waals surface area contributed by atoms with Crippen LogP contribution in [0.1, 0.15) is 18.4 Å². The molecular formula is C13H16ClF2N. The van der Waals surface area contributed by atoms with Gasteiger partial charge >= 0.3 is 0 Å². The second-order valence-electron chi connectivity index (χ2n) is 4.51. The van der Waals surface area contributed by atoms with Crippen molar-refractivity contribution in [3.05, 3.63) is 34.6 Å². The van der Waals surface area contributed by atoms with Crippen LogP contribution in [0, 0.1) is 11.7 Å². The molecule has 0 amide bonds. The van der Waals surface area contributed by atoms with Crippen LogP contribution in [0.5, 0.6) is 0 Å². The highest BCUT2D eigenvalue weighted by Gasteiger charge is 2.25. The summed E-state index contributed by atoms with van der Waals surface area (Å²) in [5.41, 5.74) is 0.306. The first-order chi connectivity index (χ1) is 8.18. The molecule has 0 aliphatic carbocycles. The molecule has 1 aromatic rings. The summed E-state index contributed by atoms with van der Waals surface area (Å²) in [5.74, 6) is -0.388. The van der Waals surface area contributed by atoms with Crippen molar-refractivity contribution in [2.45, 2.75) is 25.4 Å². The van der Waals surface area contributed by atoms with Gasteiger partial charge in [-0.1, -0.05) is 17.7 Å². The minimum atomic E-state index is -1.01. The lowest BCUT2D eigenvalue weighted by Gasteiger charge is -2.26. The maximum absolute atomic E-state index is 14.1. The van der Waals surface area contributed by atoms with Gasteiger partial charge in [-0.3, -0.25) is 0 Å². The van der Waals surface area contributed by atoms with Crippen molar-refractivity contribution in [3.63, 3.8) is 0 Å². The normalized spacial score (nSPS) is 19.2. The third-order valence-corrected chi connectivity index (χ3v) is 3.71. The van der Waals surface area contributed by atoms with Gasteiger partial charge in [0.25, 0.3) is 0 Å². The molecule has 1 fully saturated rings. The topological polar surface area (TPSA) is 12.0 Å². The van der Waals surface area contributed by atoms with Gasteiger partial charge in [0, 0.05) is 17.0 Å². The molecule has 1 nitrogen and oxygen atoms in total. The highest BCUT2D eigenvalue weighted by atomic mass is 35.5. The van der Waals surface area contributed by atoms with E-state index in [0.29, 0.717) is 10.6 Å². The van der Waals surface area contributed by atoms with Crippen molar-refractivity contribution in [1.29, 1.82) is 0 Å². The van der Waals surface area contributed by atoms with Crippen LogP contribution in [0.3, 0.4) is 0 Å². The number of rotatable bonds is 3. The minimum absolute atomic E-state index is 0.0203. The third-order valence-electron chi connectivity index (χ3n) is 3.36. The number of hydrogen-bond donors (Lipinski definition) is 1. The zero-order chi connectivity index (χ0) is 12.3. The van der Waals surface area contributed by atoms with Gasteiger partial charge in [-0.25, -0.2) is 8.78 Å². The SMILES string of the molecule is Fc1cccc(Cl)c1CC(F)C1CCNCC1. The summed E-state index contributed by atoms with van der Waals surface area (Å²) in [6.07, 6.45) is 0.697. The van der Waals surface area contributed by atoms with Gasteiger partial charge in [0.05, 0.1) is 0 Å². The number of nitrogens with one attached hydrogen (secondary N) is 1. The van der Waals surface area contributed by atoms with Crippen molar-refractivity contribution < 1.29 is 8.78 Å². The van der Waals surface area contributed by atoms with Crippen molar-refractivity contribution in [2.24, 2.45) is 5.92 Å². The Kier molecular flexibility index (Phi) is 4.35. The van der Waals surface area contributed by atoms with E-state index in [1.807, 2.05) is 0 Å². The van der Waals surface area contributed by atoms with Crippen molar-refractivity contribution >= 4 is 11.6 Å². The van der Waals surface area contributed by atoms with E-state index in [4.69, 9.17) is 11.6 Å². The van der Waals surface area contributed by atoms with Gasteiger partial charge < -0.3 is 5.32 Å². The molecule has 1 saturated heterocycles. The van der Waals surface area contributed by atoms with Gasteiger partial charge in [-0.15, -0.1) is 0 Å². The lowest BCUT2D eigenvalue weighted by molar-refractivity contribution is 0.186. The van der Waals surface area contributed by atoms with E-state index < -0.39 is 12.0 Å². The molecule has 1 aliphatic rings. The third kappa shape index (κ3) is 3.17. The van der Waals surface area contributed by atoms with Crippen LogP contribution in [-0.2, 0) is 6.42 Å². The van der Waals surface area contributed by atoms with Gasteiger partial charge in [-0.2, -0.15) is 0 Å². The lowest BCUT2D eigenvalue weighted by atomic mass is 9.89. The van der Waals surface area contributed by atoms with Crippen LogP contribution in [-0.4, -0.2) is 19.3 Å². The van der Waals surface area contributed by atoms with E-state index in [2.05, 4.69) is 5.32 Å². The molecular weight excluding hydrogens is 244 g/mol. The predicted molar refractivity (Wildman–Crippen MR) is 65.6 cm³/mol. The Balaban J connectivity index is 2.04. The summed E-state index contributed by atoms with van der Waals surface area (Å²) in [6, 6.07) is 4.48. The van der Waals surface area contributed by atoms with E-state index in [9.17, 15) is 8.78 Å². The average Bonchev–Trinajstić information content (AvgIpc) is 2.35. The molecule has 1 N–H and O–H groups in total. The lowest BCUT2D eigenvalue weighted by Crippen LogP contribution is -2.33. The largest absolute Gasteiger partial charge is 0.317 e. The van der Waals surface area contributed by atoms with Crippen LogP contribution in [0.25, 0.3) is 0 Å². The molecule has 94 valence electrons. The molecule has 0 bridgehead atoms. The molecule has 1 atom stereocenters. The van der Waals surface area contributed by atoms with Crippen molar-refractivity contribution in [1.82, 2.24) is 5.32 Å². The smallest absolute Gasteiger partial charge is 0.127 e. The highest BCUT2D eigenvalue weighted by Crippen LogP contribution is 2.27. The molecule has 0 saturated carbocycles. The van der Waals surface area contributed by atoms with Gasteiger partial charge in [-0.05, 0) is 44.0 Å². The molecule has 4 heteroatoms. The van der Waals surface area contributed by atoms with Crippen LogP contribution in [0.4, 0.5) is 8.78 Å². The number of alkyl halides is 1. The van der Waals surface area contributed by atoms with Gasteiger partial charge in [0.15, 0.2) is 0 Å². The molecule has 17 heavy (non-hydrogen) atoms. The Labute approximate surface area is 105 Å². The van der Waals surface area contributed by atoms with Crippen molar-refractivity contribution in [3.8, 4) is 0 Å². The first kappa shape index (κ1) is 12.8. The van der Waals surface area contributed by atoms with E-state index >= 15 is 0 Å². The van der Waals surface area contributed by atoms with Crippen LogP contribution < -0.4 is 5.32 Å². The fraction of sp³-hybridized carbons (Fsp3) is 0.538. The van der Waals surface area contributed by atoms with Crippen LogP contribution in [0.15, 0.2) is 18.2 Å². The summed E-state index contributed by atoms with van der Waals surface area (Å²) < 4.78 is 27.6. The molecule has 1 heterocycles. The number of piperidine rings is 1. The van der Waals surface area contributed by atoms with Crippen LogP contribution >= 0.6 is 11.6 Å². The second kappa shape index (κ2) is 5.78. The zero-order valence-electron chi connectivity index (χ0n) is 9.56. The summed E-state index contributed by atoms with van der Waals surface area (Å²) in [7, 11) is 0. The average molecular weight is 260 g/mol. The summed E-state index contributed by atoms with van der Waals surface area (Å²) in [5, 5.41) is 3.51. The maximum Gasteiger partial charge on any atom is 0.127 e. The summed E-state index contributed by atoms with van der Waals surface area (Å²) in [4.78, 5) is 0. The Morgan fingerprint density at radius 1 is 1.35 bits per heavy atom. The summed E-state index contributed by atoms with van der Waals surface area (Å²) >= 11 is 5.89. The number of hydrogen-bond acceptors (Lipinski definition) is 1. The Morgan fingerprint density at radius 2 is 2.06 bits per heavy atom. The fourth-order valence-corrected chi connectivity index (χ4v) is 2.54. The molecule has 0 aromatic heterocycles. The van der Waals surface area contributed by atoms with E-state index in [1.165, 1.54) is 6.07 Å². The quantitative estimate of drug-likeness (QED) is 0.878. The molecule has 0 spiro atoms. The van der Waals surface area contributed by atoms with Crippen molar-refractivity contribution in [2.75, 3.05) is 13.1 Å². The molecule has 1 unspecified atom stereocenters. The number of benzene rings is 1.